The third-order valence-electron chi connectivity index (χ3n) is 5.01. The van der Waals surface area contributed by atoms with Crippen molar-refractivity contribution in [3.05, 3.63) is 42.1 Å². The summed E-state index contributed by atoms with van der Waals surface area (Å²) in [5.41, 5.74) is 3.43. The summed E-state index contributed by atoms with van der Waals surface area (Å²) in [4.78, 5) is 17.3. The van der Waals surface area contributed by atoms with Gasteiger partial charge in [0.05, 0.1) is 24.2 Å². The molecular weight excluding hydrogens is 314 g/mol. The van der Waals surface area contributed by atoms with Crippen molar-refractivity contribution < 1.29 is 9.53 Å². The molecule has 1 aliphatic rings. The highest BCUT2D eigenvalue weighted by Crippen LogP contribution is 2.34. The number of hydrogen-bond donors (Lipinski definition) is 2. The van der Waals surface area contributed by atoms with Crippen LogP contribution >= 0.6 is 0 Å². The highest BCUT2D eigenvalue weighted by atomic mass is 16.5. The van der Waals surface area contributed by atoms with Gasteiger partial charge in [-0.1, -0.05) is 24.3 Å². The van der Waals surface area contributed by atoms with Crippen LogP contribution in [0.3, 0.4) is 0 Å². The number of fused-ring (bicyclic) bond motifs is 1. The Morgan fingerprint density at radius 1 is 1.44 bits per heavy atom. The SMILES string of the molecule is CCOC(=O)CCNc1cccc2c(C3C=CCN(C)C3C)c[nH]c12. The van der Waals surface area contributed by atoms with E-state index in [0.717, 1.165) is 17.7 Å². The molecule has 0 fully saturated rings. The van der Waals surface area contributed by atoms with Crippen LogP contribution in [0.1, 0.15) is 31.7 Å². The summed E-state index contributed by atoms with van der Waals surface area (Å²) in [6, 6.07) is 6.73. The number of likely N-dealkylation sites (N-methyl/N-ethyl adjacent to an activating group) is 1. The van der Waals surface area contributed by atoms with Crippen molar-refractivity contribution in [2.75, 3.05) is 32.1 Å². The average Bonchev–Trinajstić information content (AvgIpc) is 3.02. The molecule has 2 N–H and O–H groups in total. The van der Waals surface area contributed by atoms with Gasteiger partial charge in [-0.2, -0.15) is 0 Å². The first-order valence-corrected chi connectivity index (χ1v) is 8.98. The molecule has 1 aromatic carbocycles. The fourth-order valence-electron chi connectivity index (χ4n) is 3.47. The molecule has 1 aromatic heterocycles. The molecule has 0 bridgehead atoms. The molecule has 25 heavy (non-hydrogen) atoms. The number of H-pyrrole nitrogens is 1. The Hall–Kier alpha value is -2.27. The highest BCUT2D eigenvalue weighted by Gasteiger charge is 2.25. The van der Waals surface area contributed by atoms with Crippen molar-refractivity contribution in [3.8, 4) is 0 Å². The minimum atomic E-state index is -0.168. The van der Waals surface area contributed by atoms with Gasteiger partial charge in [0.15, 0.2) is 0 Å². The number of carbonyl (C=O) groups excluding carboxylic acids is 1. The van der Waals surface area contributed by atoms with E-state index in [-0.39, 0.29) is 5.97 Å². The summed E-state index contributed by atoms with van der Waals surface area (Å²) in [7, 11) is 2.17. The Kier molecular flexibility index (Phi) is 5.43. The Morgan fingerprint density at radius 3 is 3.08 bits per heavy atom. The van der Waals surface area contributed by atoms with Gasteiger partial charge in [0.1, 0.15) is 0 Å². The van der Waals surface area contributed by atoms with Gasteiger partial charge >= 0.3 is 5.97 Å². The Morgan fingerprint density at radius 2 is 2.28 bits per heavy atom. The van der Waals surface area contributed by atoms with Crippen LogP contribution in [0.15, 0.2) is 36.5 Å². The molecule has 0 spiro atoms. The van der Waals surface area contributed by atoms with Crippen LogP contribution in [0.2, 0.25) is 0 Å². The van der Waals surface area contributed by atoms with Crippen LogP contribution < -0.4 is 5.32 Å². The molecule has 2 atom stereocenters. The van der Waals surface area contributed by atoms with Gasteiger partial charge in [-0.25, -0.2) is 0 Å². The zero-order chi connectivity index (χ0) is 17.8. The summed E-state index contributed by atoms with van der Waals surface area (Å²) in [6.07, 6.45) is 7.04. The Balaban J connectivity index is 1.79. The Labute approximate surface area is 149 Å². The van der Waals surface area contributed by atoms with E-state index in [0.29, 0.717) is 31.5 Å². The van der Waals surface area contributed by atoms with Gasteiger partial charge in [-0.15, -0.1) is 0 Å². The van der Waals surface area contributed by atoms with E-state index in [1.165, 1.54) is 10.9 Å². The van der Waals surface area contributed by atoms with E-state index in [9.17, 15) is 4.79 Å². The second-order valence-corrected chi connectivity index (χ2v) is 6.59. The molecule has 0 saturated heterocycles. The Bertz CT molecular complexity index is 765. The molecule has 2 aromatic rings. The number of carbonyl (C=O) groups is 1. The maximum atomic E-state index is 11.5. The molecule has 3 rings (SSSR count). The average molecular weight is 341 g/mol. The van der Waals surface area contributed by atoms with Gasteiger partial charge < -0.3 is 15.0 Å². The number of nitrogens with one attached hydrogen (secondary N) is 2. The summed E-state index contributed by atoms with van der Waals surface area (Å²) >= 11 is 0. The van der Waals surface area contributed by atoms with E-state index in [2.05, 4.69) is 59.7 Å². The monoisotopic (exact) mass is 341 g/mol. The standard InChI is InChI=1S/C20H27N3O2/c1-4-25-19(24)10-11-21-18-9-5-7-16-17(13-22-20(16)18)15-8-6-12-23(3)14(15)2/h5-9,13-15,21-22H,4,10-12H2,1-3H3. The quantitative estimate of drug-likeness (QED) is 0.624. The first kappa shape index (κ1) is 17.5. The number of ether oxygens (including phenoxy) is 1. The topological polar surface area (TPSA) is 57.4 Å². The van der Waals surface area contributed by atoms with Crippen LogP contribution in [0, 0.1) is 0 Å². The van der Waals surface area contributed by atoms with Crippen molar-refractivity contribution >= 4 is 22.6 Å². The van der Waals surface area contributed by atoms with Gasteiger partial charge in [0.2, 0.25) is 0 Å². The van der Waals surface area contributed by atoms with Crippen molar-refractivity contribution in [2.24, 2.45) is 0 Å². The van der Waals surface area contributed by atoms with E-state index in [1.807, 2.05) is 13.0 Å². The maximum absolute atomic E-state index is 11.5. The number of nitrogens with zero attached hydrogens (tertiary/aromatic N) is 1. The molecule has 2 unspecified atom stereocenters. The number of esters is 1. The fourth-order valence-corrected chi connectivity index (χ4v) is 3.47. The molecule has 0 aliphatic carbocycles. The minimum Gasteiger partial charge on any atom is -0.466 e. The first-order valence-electron chi connectivity index (χ1n) is 8.98. The van der Waals surface area contributed by atoms with Crippen molar-refractivity contribution in [1.29, 1.82) is 0 Å². The number of para-hydroxylation sites is 1. The lowest BCUT2D eigenvalue weighted by Gasteiger charge is -2.33. The molecule has 1 aliphatic heterocycles. The number of aromatic amines is 1. The van der Waals surface area contributed by atoms with Crippen molar-refractivity contribution in [1.82, 2.24) is 9.88 Å². The molecule has 0 radical (unpaired) electrons. The molecule has 134 valence electrons. The predicted molar refractivity (Wildman–Crippen MR) is 102 cm³/mol. The predicted octanol–water partition coefficient (Wildman–Crippen LogP) is 3.51. The smallest absolute Gasteiger partial charge is 0.307 e. The fraction of sp³-hybridized carbons (Fsp3) is 0.450. The first-order chi connectivity index (χ1) is 12.1. The third-order valence-corrected chi connectivity index (χ3v) is 5.01. The lowest BCUT2D eigenvalue weighted by molar-refractivity contribution is -0.142. The molecule has 5 heteroatoms. The largest absolute Gasteiger partial charge is 0.466 e. The van der Waals surface area contributed by atoms with Crippen LogP contribution in [0.5, 0.6) is 0 Å². The zero-order valence-electron chi connectivity index (χ0n) is 15.2. The van der Waals surface area contributed by atoms with Gasteiger partial charge in [-0.3, -0.25) is 9.69 Å². The van der Waals surface area contributed by atoms with Crippen LogP contribution in [0.25, 0.3) is 10.9 Å². The molecule has 0 amide bonds. The van der Waals surface area contributed by atoms with Crippen LogP contribution in [-0.2, 0) is 9.53 Å². The molecule has 2 heterocycles. The highest BCUT2D eigenvalue weighted by molar-refractivity contribution is 5.94. The normalized spacial score (nSPS) is 20.8. The van der Waals surface area contributed by atoms with E-state index < -0.39 is 0 Å². The number of rotatable bonds is 6. The number of anilines is 1. The number of benzene rings is 1. The second-order valence-electron chi connectivity index (χ2n) is 6.59. The lowest BCUT2D eigenvalue weighted by Crippen LogP contribution is -2.36. The maximum Gasteiger partial charge on any atom is 0.307 e. The summed E-state index contributed by atoms with van der Waals surface area (Å²) in [6.45, 7) is 6.09. The molecule has 5 nitrogen and oxygen atoms in total. The summed E-state index contributed by atoms with van der Waals surface area (Å²) in [5, 5.41) is 4.59. The molecule has 0 saturated carbocycles. The van der Waals surface area contributed by atoms with E-state index in [1.54, 1.807) is 0 Å². The van der Waals surface area contributed by atoms with Crippen molar-refractivity contribution in [3.63, 3.8) is 0 Å². The summed E-state index contributed by atoms with van der Waals surface area (Å²) in [5.74, 6) is 0.209. The van der Waals surface area contributed by atoms with Gasteiger partial charge in [-0.05, 0) is 32.5 Å². The third kappa shape index (κ3) is 3.71. The minimum absolute atomic E-state index is 0.168. The second kappa shape index (κ2) is 7.74. The van der Waals surface area contributed by atoms with Crippen LogP contribution in [0.4, 0.5) is 5.69 Å². The van der Waals surface area contributed by atoms with E-state index >= 15 is 0 Å². The van der Waals surface area contributed by atoms with Crippen LogP contribution in [-0.4, -0.2) is 48.6 Å². The number of hydrogen-bond acceptors (Lipinski definition) is 4. The van der Waals surface area contributed by atoms with E-state index in [4.69, 9.17) is 4.74 Å². The van der Waals surface area contributed by atoms with Gasteiger partial charge in [0.25, 0.3) is 0 Å². The van der Waals surface area contributed by atoms with Gasteiger partial charge in [0, 0.05) is 36.6 Å². The number of aromatic nitrogens is 1. The lowest BCUT2D eigenvalue weighted by atomic mass is 9.88. The van der Waals surface area contributed by atoms with Crippen molar-refractivity contribution in [2.45, 2.75) is 32.2 Å². The summed E-state index contributed by atoms with van der Waals surface area (Å²) < 4.78 is 4.97. The molecular formula is C20H27N3O2. The zero-order valence-corrected chi connectivity index (χ0v) is 15.2.